The van der Waals surface area contributed by atoms with Crippen molar-refractivity contribution < 1.29 is 17.7 Å². The lowest BCUT2D eigenvalue weighted by Crippen LogP contribution is -2.20. The first-order chi connectivity index (χ1) is 13.9. The first-order valence-electron chi connectivity index (χ1n) is 9.26. The topological polar surface area (TPSA) is 66.8 Å². The number of hydrogen-bond donors (Lipinski definition) is 1. The van der Waals surface area contributed by atoms with Crippen molar-refractivity contribution in [2.75, 3.05) is 27.2 Å². The molecule has 0 saturated carbocycles. The quantitative estimate of drug-likeness (QED) is 0.586. The highest BCUT2D eigenvalue weighted by atomic mass is 32.2. The van der Waals surface area contributed by atoms with E-state index in [1.54, 1.807) is 18.2 Å². The van der Waals surface area contributed by atoms with Gasteiger partial charge in [-0.1, -0.05) is 78.9 Å². The molecular formula is C23H27NO4S. The van der Waals surface area contributed by atoms with Gasteiger partial charge in [0.05, 0.1) is 11.5 Å². The molecule has 3 aromatic carbocycles. The van der Waals surface area contributed by atoms with Gasteiger partial charge in [-0.05, 0) is 37.4 Å². The molecule has 3 rings (SSSR count). The Balaban J connectivity index is 0.000000253. The zero-order chi connectivity index (χ0) is 21.1. The van der Waals surface area contributed by atoms with Crippen LogP contribution in [0.1, 0.15) is 17.2 Å². The Hall–Kier alpha value is -2.51. The van der Waals surface area contributed by atoms with Crippen LogP contribution in [0.15, 0.2) is 95.9 Å². The van der Waals surface area contributed by atoms with Crippen molar-refractivity contribution >= 4 is 10.1 Å². The van der Waals surface area contributed by atoms with Gasteiger partial charge in [0.25, 0.3) is 10.1 Å². The normalized spacial score (nSPS) is 11.2. The van der Waals surface area contributed by atoms with Crippen LogP contribution >= 0.6 is 0 Å². The van der Waals surface area contributed by atoms with Gasteiger partial charge in [0.1, 0.15) is 6.10 Å². The molecule has 0 bridgehead atoms. The largest absolute Gasteiger partial charge is 0.367 e. The molecule has 0 atom stereocenters. The predicted molar refractivity (Wildman–Crippen MR) is 115 cm³/mol. The Morgan fingerprint density at radius 1 is 0.793 bits per heavy atom. The van der Waals surface area contributed by atoms with E-state index < -0.39 is 10.1 Å². The van der Waals surface area contributed by atoms with E-state index in [-0.39, 0.29) is 11.0 Å². The van der Waals surface area contributed by atoms with Crippen molar-refractivity contribution in [1.82, 2.24) is 4.90 Å². The van der Waals surface area contributed by atoms with Crippen LogP contribution < -0.4 is 0 Å². The summed E-state index contributed by atoms with van der Waals surface area (Å²) < 4.78 is 35.3. The maximum atomic E-state index is 10.4. The van der Waals surface area contributed by atoms with Crippen LogP contribution in [-0.2, 0) is 14.9 Å². The molecule has 1 N–H and O–H groups in total. The second-order valence-electron chi connectivity index (χ2n) is 6.66. The van der Waals surface area contributed by atoms with E-state index >= 15 is 0 Å². The molecule has 0 unspecified atom stereocenters. The Labute approximate surface area is 173 Å². The van der Waals surface area contributed by atoms with E-state index in [0.29, 0.717) is 0 Å². The summed E-state index contributed by atoms with van der Waals surface area (Å²) in [6.07, 6.45) is 0.0161. The molecule has 154 valence electrons. The van der Waals surface area contributed by atoms with Gasteiger partial charge in [-0.2, -0.15) is 8.42 Å². The van der Waals surface area contributed by atoms with E-state index in [9.17, 15) is 8.42 Å². The highest BCUT2D eigenvalue weighted by molar-refractivity contribution is 7.85. The summed E-state index contributed by atoms with van der Waals surface area (Å²) in [4.78, 5) is 2.06. The molecule has 0 aliphatic rings. The molecule has 0 spiro atoms. The van der Waals surface area contributed by atoms with Crippen LogP contribution in [-0.4, -0.2) is 45.1 Å². The van der Waals surface area contributed by atoms with Crippen LogP contribution in [0.2, 0.25) is 0 Å². The summed E-state index contributed by atoms with van der Waals surface area (Å²) in [7, 11) is 0.115. The summed E-state index contributed by atoms with van der Waals surface area (Å²) >= 11 is 0. The Bertz CT molecular complexity index is 891. The first-order valence-corrected chi connectivity index (χ1v) is 10.7. The van der Waals surface area contributed by atoms with Gasteiger partial charge in [-0.3, -0.25) is 4.55 Å². The van der Waals surface area contributed by atoms with E-state index in [0.717, 1.165) is 13.2 Å². The molecule has 0 heterocycles. The van der Waals surface area contributed by atoms with Gasteiger partial charge in [0.15, 0.2) is 0 Å². The Morgan fingerprint density at radius 3 is 1.55 bits per heavy atom. The molecule has 0 aliphatic heterocycles. The molecule has 0 aromatic heterocycles. The maximum absolute atomic E-state index is 10.4. The third kappa shape index (κ3) is 8.17. The molecule has 5 nitrogen and oxygen atoms in total. The lowest BCUT2D eigenvalue weighted by atomic mass is 10.0. The zero-order valence-corrected chi connectivity index (χ0v) is 17.5. The number of hydrogen-bond acceptors (Lipinski definition) is 4. The number of ether oxygens (including phenoxy) is 1. The highest BCUT2D eigenvalue weighted by Gasteiger charge is 2.13. The van der Waals surface area contributed by atoms with Gasteiger partial charge in [-0.15, -0.1) is 0 Å². The average molecular weight is 414 g/mol. The Morgan fingerprint density at radius 2 is 1.21 bits per heavy atom. The lowest BCUT2D eigenvalue weighted by molar-refractivity contribution is 0.0687. The summed E-state index contributed by atoms with van der Waals surface area (Å²) in [5.41, 5.74) is 2.40. The molecule has 0 aliphatic carbocycles. The van der Waals surface area contributed by atoms with Crippen molar-refractivity contribution in [2.45, 2.75) is 11.0 Å². The molecule has 29 heavy (non-hydrogen) atoms. The second kappa shape index (κ2) is 11.5. The van der Waals surface area contributed by atoms with Crippen LogP contribution in [0.4, 0.5) is 0 Å². The van der Waals surface area contributed by atoms with E-state index in [2.05, 4.69) is 67.5 Å². The van der Waals surface area contributed by atoms with Crippen LogP contribution in [0.3, 0.4) is 0 Å². The van der Waals surface area contributed by atoms with Gasteiger partial charge < -0.3 is 9.64 Å². The summed E-state index contributed by atoms with van der Waals surface area (Å²) in [5.74, 6) is 0. The summed E-state index contributed by atoms with van der Waals surface area (Å²) in [5, 5.41) is 0. The minimum Gasteiger partial charge on any atom is -0.367 e. The monoisotopic (exact) mass is 413 g/mol. The number of benzene rings is 3. The molecule has 0 amide bonds. The fourth-order valence-electron chi connectivity index (χ4n) is 2.59. The van der Waals surface area contributed by atoms with Gasteiger partial charge in [-0.25, -0.2) is 0 Å². The van der Waals surface area contributed by atoms with E-state index in [1.165, 1.54) is 23.3 Å². The van der Waals surface area contributed by atoms with E-state index in [4.69, 9.17) is 9.29 Å². The van der Waals surface area contributed by atoms with Gasteiger partial charge in [0, 0.05) is 6.54 Å². The molecular weight excluding hydrogens is 386 g/mol. The Kier molecular flexibility index (Phi) is 9.02. The number of rotatable bonds is 7. The third-order valence-corrected chi connectivity index (χ3v) is 4.94. The summed E-state index contributed by atoms with van der Waals surface area (Å²) in [6, 6.07) is 28.2. The third-order valence-electron chi connectivity index (χ3n) is 4.07. The van der Waals surface area contributed by atoms with Crippen LogP contribution in [0, 0.1) is 0 Å². The maximum Gasteiger partial charge on any atom is 0.294 e. The first kappa shape index (κ1) is 22.8. The summed E-state index contributed by atoms with van der Waals surface area (Å²) in [6.45, 7) is 1.65. The van der Waals surface area contributed by atoms with Crippen molar-refractivity contribution in [2.24, 2.45) is 0 Å². The van der Waals surface area contributed by atoms with Crippen LogP contribution in [0.5, 0.6) is 0 Å². The fraction of sp³-hybridized carbons (Fsp3) is 0.217. The highest BCUT2D eigenvalue weighted by Crippen LogP contribution is 2.25. The number of nitrogens with zero attached hydrogens (tertiary/aromatic N) is 1. The molecule has 6 heteroatoms. The molecule has 0 radical (unpaired) electrons. The predicted octanol–water partition coefficient (Wildman–Crippen LogP) is 4.29. The van der Waals surface area contributed by atoms with Gasteiger partial charge in [0.2, 0.25) is 0 Å². The zero-order valence-electron chi connectivity index (χ0n) is 16.7. The van der Waals surface area contributed by atoms with Gasteiger partial charge >= 0.3 is 0 Å². The molecule has 0 saturated heterocycles. The number of likely N-dealkylation sites (N-methyl/N-ethyl adjacent to an activating group) is 1. The smallest absolute Gasteiger partial charge is 0.294 e. The minimum atomic E-state index is -4.00. The van der Waals surface area contributed by atoms with Crippen LogP contribution in [0.25, 0.3) is 0 Å². The van der Waals surface area contributed by atoms with Crippen molar-refractivity contribution in [3.8, 4) is 0 Å². The fourth-order valence-corrected chi connectivity index (χ4v) is 3.09. The molecule has 0 fully saturated rings. The standard InChI is InChI=1S/C17H21NO.C6H6O3S/c1-18(2)13-14-19-17(15-9-5-3-6-10-15)16-11-7-4-8-12-16;7-10(8,9)6-4-2-1-3-5-6/h3-12,17H,13-14H2,1-2H3;1-5H,(H,7,8,9). The lowest BCUT2D eigenvalue weighted by Gasteiger charge is -2.20. The average Bonchev–Trinajstić information content (AvgIpc) is 2.73. The molecule has 3 aromatic rings. The minimum absolute atomic E-state index is 0.0161. The van der Waals surface area contributed by atoms with Crippen molar-refractivity contribution in [1.29, 1.82) is 0 Å². The second-order valence-corrected chi connectivity index (χ2v) is 8.09. The SMILES string of the molecule is CN(C)CCOC(c1ccccc1)c1ccccc1.O=S(=O)(O)c1ccccc1. The van der Waals surface area contributed by atoms with Crippen molar-refractivity contribution in [3.63, 3.8) is 0 Å². The van der Waals surface area contributed by atoms with E-state index in [1.807, 2.05) is 12.1 Å². The van der Waals surface area contributed by atoms with Crippen molar-refractivity contribution in [3.05, 3.63) is 102 Å².